The van der Waals surface area contributed by atoms with Gasteiger partial charge in [0.05, 0.1) is 10.7 Å². The summed E-state index contributed by atoms with van der Waals surface area (Å²) in [5.74, 6) is 1.48. The molecule has 20 heavy (non-hydrogen) atoms. The van der Waals surface area contributed by atoms with Crippen molar-refractivity contribution >= 4 is 40.5 Å². The van der Waals surface area contributed by atoms with Crippen molar-refractivity contribution in [3.63, 3.8) is 0 Å². The van der Waals surface area contributed by atoms with Gasteiger partial charge in [-0.15, -0.1) is 0 Å². The lowest BCUT2D eigenvalue weighted by atomic mass is 10.3. The summed E-state index contributed by atoms with van der Waals surface area (Å²) in [6.45, 7) is 3.05. The predicted molar refractivity (Wildman–Crippen MR) is 85.2 cm³/mol. The van der Waals surface area contributed by atoms with Gasteiger partial charge in [-0.25, -0.2) is 9.97 Å². The first-order valence-electron chi connectivity index (χ1n) is 6.47. The average Bonchev–Trinajstić information content (AvgIpc) is 2.43. The van der Waals surface area contributed by atoms with E-state index >= 15 is 0 Å². The van der Waals surface area contributed by atoms with Gasteiger partial charge in [-0.1, -0.05) is 36.5 Å². The molecule has 2 aromatic rings. The zero-order valence-electron chi connectivity index (χ0n) is 11.2. The van der Waals surface area contributed by atoms with Crippen molar-refractivity contribution in [1.29, 1.82) is 0 Å². The number of hydrogen-bond acceptors (Lipinski definition) is 4. The fourth-order valence-corrected chi connectivity index (χ4v) is 2.10. The van der Waals surface area contributed by atoms with E-state index < -0.39 is 0 Å². The molecule has 0 unspecified atom stereocenters. The van der Waals surface area contributed by atoms with E-state index in [1.54, 1.807) is 12.1 Å². The Morgan fingerprint density at radius 1 is 1.10 bits per heavy atom. The standard InChI is InChI=1S/C14H16Cl2N4/c1-2-3-6-17-13-8-14(19-9-18-13)20-12-5-4-10(15)7-11(12)16/h4-5,7-9H,2-3,6H2,1H3,(H2,17,18,19,20). The first-order valence-corrected chi connectivity index (χ1v) is 7.22. The molecule has 2 rings (SSSR count). The summed E-state index contributed by atoms with van der Waals surface area (Å²) < 4.78 is 0. The molecule has 4 nitrogen and oxygen atoms in total. The fraction of sp³-hybridized carbons (Fsp3) is 0.286. The maximum Gasteiger partial charge on any atom is 0.135 e. The molecular formula is C14H16Cl2N4. The Labute approximate surface area is 128 Å². The third-order valence-corrected chi connectivity index (χ3v) is 3.25. The number of aromatic nitrogens is 2. The number of nitrogens with zero attached hydrogens (tertiary/aromatic N) is 2. The van der Waals surface area contributed by atoms with Crippen LogP contribution in [-0.4, -0.2) is 16.5 Å². The van der Waals surface area contributed by atoms with E-state index in [4.69, 9.17) is 23.2 Å². The summed E-state index contributed by atoms with van der Waals surface area (Å²) in [7, 11) is 0. The van der Waals surface area contributed by atoms with Crippen LogP contribution in [0.4, 0.5) is 17.3 Å². The first kappa shape index (κ1) is 14.9. The van der Waals surface area contributed by atoms with Crippen molar-refractivity contribution in [2.45, 2.75) is 19.8 Å². The van der Waals surface area contributed by atoms with Gasteiger partial charge in [-0.05, 0) is 24.6 Å². The number of rotatable bonds is 6. The number of halogens is 2. The molecule has 0 saturated heterocycles. The number of nitrogens with one attached hydrogen (secondary N) is 2. The van der Waals surface area contributed by atoms with Crippen LogP contribution in [0.5, 0.6) is 0 Å². The van der Waals surface area contributed by atoms with E-state index in [-0.39, 0.29) is 0 Å². The van der Waals surface area contributed by atoms with Gasteiger partial charge in [0.15, 0.2) is 0 Å². The third kappa shape index (κ3) is 4.25. The number of hydrogen-bond donors (Lipinski definition) is 2. The van der Waals surface area contributed by atoms with Gasteiger partial charge in [-0.2, -0.15) is 0 Å². The molecule has 0 radical (unpaired) electrons. The second-order valence-electron chi connectivity index (χ2n) is 4.32. The van der Waals surface area contributed by atoms with Crippen LogP contribution < -0.4 is 10.6 Å². The molecule has 0 atom stereocenters. The molecule has 1 aromatic carbocycles. The minimum Gasteiger partial charge on any atom is -0.370 e. The Balaban J connectivity index is 2.07. The predicted octanol–water partition coefficient (Wildman–Crippen LogP) is 4.74. The van der Waals surface area contributed by atoms with E-state index in [2.05, 4.69) is 27.5 Å². The van der Waals surface area contributed by atoms with Crippen LogP contribution in [0.2, 0.25) is 10.0 Å². The highest BCUT2D eigenvalue weighted by molar-refractivity contribution is 6.36. The molecule has 106 valence electrons. The molecular weight excluding hydrogens is 295 g/mol. The highest BCUT2D eigenvalue weighted by Crippen LogP contribution is 2.27. The summed E-state index contributed by atoms with van der Waals surface area (Å²) in [6.07, 6.45) is 3.76. The Hall–Kier alpha value is -1.52. The molecule has 0 bridgehead atoms. The highest BCUT2D eigenvalue weighted by atomic mass is 35.5. The lowest BCUT2D eigenvalue weighted by molar-refractivity contribution is 0.830. The zero-order chi connectivity index (χ0) is 14.4. The maximum atomic E-state index is 6.12. The Bertz CT molecular complexity index is 575. The van der Waals surface area contributed by atoms with Crippen molar-refractivity contribution < 1.29 is 0 Å². The smallest absolute Gasteiger partial charge is 0.135 e. The minimum absolute atomic E-state index is 0.552. The molecule has 2 N–H and O–H groups in total. The summed E-state index contributed by atoms with van der Waals surface area (Å²) in [6, 6.07) is 7.13. The van der Waals surface area contributed by atoms with Gasteiger partial charge >= 0.3 is 0 Å². The fourth-order valence-electron chi connectivity index (χ4n) is 1.64. The molecule has 0 saturated carbocycles. The second kappa shape index (κ2) is 7.31. The van der Waals surface area contributed by atoms with E-state index in [9.17, 15) is 0 Å². The van der Waals surface area contributed by atoms with Crippen molar-refractivity contribution in [1.82, 2.24) is 9.97 Å². The maximum absolute atomic E-state index is 6.12. The lowest BCUT2D eigenvalue weighted by Gasteiger charge is -2.09. The van der Waals surface area contributed by atoms with Crippen LogP contribution in [0.15, 0.2) is 30.6 Å². The van der Waals surface area contributed by atoms with Gasteiger partial charge in [0, 0.05) is 17.6 Å². The Kier molecular flexibility index (Phi) is 5.44. The van der Waals surface area contributed by atoms with Crippen molar-refractivity contribution in [3.05, 3.63) is 40.6 Å². The van der Waals surface area contributed by atoms with Crippen molar-refractivity contribution in [2.75, 3.05) is 17.2 Å². The monoisotopic (exact) mass is 310 g/mol. The zero-order valence-corrected chi connectivity index (χ0v) is 12.7. The van der Waals surface area contributed by atoms with Gasteiger partial charge in [0.25, 0.3) is 0 Å². The summed E-state index contributed by atoms with van der Waals surface area (Å²) in [5, 5.41) is 7.55. The molecule has 0 aliphatic rings. The molecule has 0 fully saturated rings. The molecule has 0 aliphatic carbocycles. The van der Waals surface area contributed by atoms with Crippen LogP contribution >= 0.6 is 23.2 Å². The molecule has 0 spiro atoms. The van der Waals surface area contributed by atoms with E-state index in [1.807, 2.05) is 12.1 Å². The quantitative estimate of drug-likeness (QED) is 0.757. The minimum atomic E-state index is 0.552. The lowest BCUT2D eigenvalue weighted by Crippen LogP contribution is -2.04. The largest absolute Gasteiger partial charge is 0.370 e. The van der Waals surface area contributed by atoms with Gasteiger partial charge in [0.2, 0.25) is 0 Å². The normalized spacial score (nSPS) is 10.3. The van der Waals surface area contributed by atoms with Crippen molar-refractivity contribution in [2.24, 2.45) is 0 Å². The highest BCUT2D eigenvalue weighted by Gasteiger charge is 2.03. The first-order chi connectivity index (χ1) is 9.69. The van der Waals surface area contributed by atoms with Crippen LogP contribution in [0.3, 0.4) is 0 Å². The second-order valence-corrected chi connectivity index (χ2v) is 5.16. The van der Waals surface area contributed by atoms with E-state index in [0.717, 1.165) is 30.9 Å². The van der Waals surface area contributed by atoms with Crippen LogP contribution in [0, 0.1) is 0 Å². The molecule has 0 aliphatic heterocycles. The van der Waals surface area contributed by atoms with E-state index in [1.165, 1.54) is 6.33 Å². The van der Waals surface area contributed by atoms with E-state index in [0.29, 0.717) is 15.9 Å². The molecule has 0 amide bonds. The van der Waals surface area contributed by atoms with Crippen LogP contribution in [0.1, 0.15) is 19.8 Å². The number of anilines is 3. The molecule has 6 heteroatoms. The Morgan fingerprint density at radius 2 is 1.90 bits per heavy atom. The SMILES string of the molecule is CCCCNc1cc(Nc2ccc(Cl)cc2Cl)ncn1. The topological polar surface area (TPSA) is 49.8 Å². The van der Waals surface area contributed by atoms with Crippen molar-refractivity contribution in [3.8, 4) is 0 Å². The molecule has 1 heterocycles. The van der Waals surface area contributed by atoms with Crippen LogP contribution in [0.25, 0.3) is 0 Å². The summed E-state index contributed by atoms with van der Waals surface area (Å²) in [4.78, 5) is 8.35. The van der Waals surface area contributed by atoms with Gasteiger partial charge in [0.1, 0.15) is 18.0 Å². The van der Waals surface area contributed by atoms with Gasteiger partial charge < -0.3 is 10.6 Å². The summed E-state index contributed by atoms with van der Waals surface area (Å²) >= 11 is 12.0. The van der Waals surface area contributed by atoms with Crippen LogP contribution in [-0.2, 0) is 0 Å². The number of benzene rings is 1. The Morgan fingerprint density at radius 3 is 2.65 bits per heavy atom. The third-order valence-electron chi connectivity index (χ3n) is 2.70. The van der Waals surface area contributed by atoms with Gasteiger partial charge in [-0.3, -0.25) is 0 Å². The average molecular weight is 311 g/mol. The number of unbranched alkanes of at least 4 members (excludes halogenated alkanes) is 1. The molecule has 1 aromatic heterocycles. The summed E-state index contributed by atoms with van der Waals surface area (Å²) in [5.41, 5.74) is 0.759.